The minimum Gasteiger partial charge on any atom is -0.371 e. The summed E-state index contributed by atoms with van der Waals surface area (Å²) in [6.07, 6.45) is 4.91. The van der Waals surface area contributed by atoms with Crippen molar-refractivity contribution in [3.8, 4) is 0 Å². The van der Waals surface area contributed by atoms with E-state index in [2.05, 4.69) is 4.98 Å². The SMILES string of the molecule is CN(CCc1ccncc1)c1c(F)cccc1C=O. The van der Waals surface area contributed by atoms with Crippen LogP contribution in [0.15, 0.2) is 42.7 Å². The lowest BCUT2D eigenvalue weighted by atomic mass is 10.1. The van der Waals surface area contributed by atoms with Crippen LogP contribution >= 0.6 is 0 Å². The monoisotopic (exact) mass is 258 g/mol. The van der Waals surface area contributed by atoms with Crippen LogP contribution in [0.1, 0.15) is 15.9 Å². The molecule has 3 nitrogen and oxygen atoms in total. The Balaban J connectivity index is 2.12. The number of carbonyl (C=O) groups excluding carboxylic acids is 1. The first-order valence-corrected chi connectivity index (χ1v) is 6.06. The van der Waals surface area contributed by atoms with Crippen LogP contribution in [-0.4, -0.2) is 24.9 Å². The molecule has 0 radical (unpaired) electrons. The van der Waals surface area contributed by atoms with E-state index in [0.717, 1.165) is 12.0 Å². The molecule has 0 fully saturated rings. The van der Waals surface area contributed by atoms with Crippen molar-refractivity contribution >= 4 is 12.0 Å². The molecule has 0 aliphatic carbocycles. The zero-order valence-electron chi connectivity index (χ0n) is 10.7. The maximum Gasteiger partial charge on any atom is 0.152 e. The summed E-state index contributed by atoms with van der Waals surface area (Å²) in [5.41, 5.74) is 1.86. The second-order valence-electron chi connectivity index (χ2n) is 4.32. The summed E-state index contributed by atoms with van der Waals surface area (Å²) < 4.78 is 13.8. The van der Waals surface area contributed by atoms with Crippen molar-refractivity contribution in [3.63, 3.8) is 0 Å². The number of aldehydes is 1. The first kappa shape index (κ1) is 13.2. The zero-order chi connectivity index (χ0) is 13.7. The van der Waals surface area contributed by atoms with Crippen LogP contribution in [0, 0.1) is 5.82 Å². The normalized spacial score (nSPS) is 10.2. The molecule has 0 N–H and O–H groups in total. The average molecular weight is 258 g/mol. The van der Waals surface area contributed by atoms with Crippen LogP contribution in [0.2, 0.25) is 0 Å². The van der Waals surface area contributed by atoms with E-state index in [1.54, 1.807) is 36.5 Å². The zero-order valence-corrected chi connectivity index (χ0v) is 10.7. The molecule has 2 aromatic rings. The highest BCUT2D eigenvalue weighted by Gasteiger charge is 2.12. The minimum absolute atomic E-state index is 0.353. The fraction of sp³-hybridized carbons (Fsp3) is 0.200. The molecule has 1 aromatic carbocycles. The molecule has 0 unspecified atom stereocenters. The van der Waals surface area contributed by atoms with Gasteiger partial charge in [-0.1, -0.05) is 6.07 Å². The molecule has 0 bridgehead atoms. The highest BCUT2D eigenvalue weighted by atomic mass is 19.1. The molecule has 1 heterocycles. The average Bonchev–Trinajstić information content (AvgIpc) is 2.45. The molecular weight excluding hydrogens is 243 g/mol. The molecular formula is C15H15FN2O. The molecule has 19 heavy (non-hydrogen) atoms. The van der Waals surface area contributed by atoms with Gasteiger partial charge in [0.2, 0.25) is 0 Å². The predicted octanol–water partition coefficient (Wildman–Crippen LogP) is 2.71. The summed E-state index contributed by atoms with van der Waals surface area (Å²) in [6, 6.07) is 8.38. The van der Waals surface area contributed by atoms with Gasteiger partial charge in [-0.3, -0.25) is 9.78 Å². The second-order valence-corrected chi connectivity index (χ2v) is 4.32. The van der Waals surface area contributed by atoms with E-state index in [1.807, 2.05) is 12.1 Å². The van der Waals surface area contributed by atoms with Gasteiger partial charge in [0, 0.05) is 31.5 Å². The molecule has 2 rings (SSSR count). The lowest BCUT2D eigenvalue weighted by Gasteiger charge is -2.21. The van der Waals surface area contributed by atoms with E-state index in [9.17, 15) is 9.18 Å². The van der Waals surface area contributed by atoms with E-state index >= 15 is 0 Å². The first-order valence-electron chi connectivity index (χ1n) is 6.06. The van der Waals surface area contributed by atoms with Crippen LogP contribution in [-0.2, 0) is 6.42 Å². The van der Waals surface area contributed by atoms with Crippen LogP contribution in [0.5, 0.6) is 0 Å². The third-order valence-electron chi connectivity index (χ3n) is 3.01. The van der Waals surface area contributed by atoms with E-state index in [0.29, 0.717) is 24.1 Å². The summed E-state index contributed by atoms with van der Waals surface area (Å²) in [6.45, 7) is 0.631. The Morgan fingerprint density at radius 2 is 2.00 bits per heavy atom. The number of carbonyl (C=O) groups is 1. The molecule has 0 spiro atoms. The van der Waals surface area contributed by atoms with Gasteiger partial charge >= 0.3 is 0 Å². The van der Waals surface area contributed by atoms with Crippen molar-refractivity contribution < 1.29 is 9.18 Å². The molecule has 0 aliphatic rings. The predicted molar refractivity (Wildman–Crippen MR) is 73.0 cm³/mol. The molecule has 0 saturated heterocycles. The highest BCUT2D eigenvalue weighted by Crippen LogP contribution is 2.22. The van der Waals surface area contributed by atoms with Gasteiger partial charge in [-0.05, 0) is 36.2 Å². The van der Waals surface area contributed by atoms with Crippen molar-refractivity contribution in [1.29, 1.82) is 0 Å². The summed E-state index contributed by atoms with van der Waals surface area (Å²) in [7, 11) is 1.78. The van der Waals surface area contributed by atoms with Crippen molar-refractivity contribution in [2.45, 2.75) is 6.42 Å². The summed E-state index contributed by atoms with van der Waals surface area (Å²) in [4.78, 5) is 16.7. The second kappa shape index (κ2) is 6.09. The topological polar surface area (TPSA) is 33.2 Å². The Labute approximate surface area is 111 Å². The summed E-state index contributed by atoms with van der Waals surface area (Å²) in [5, 5.41) is 0. The number of para-hydroxylation sites is 1. The quantitative estimate of drug-likeness (QED) is 0.773. The van der Waals surface area contributed by atoms with Gasteiger partial charge < -0.3 is 4.90 Å². The Morgan fingerprint density at radius 1 is 1.26 bits per heavy atom. The number of aromatic nitrogens is 1. The minimum atomic E-state index is -0.373. The lowest BCUT2D eigenvalue weighted by Crippen LogP contribution is -2.22. The van der Waals surface area contributed by atoms with Gasteiger partial charge in [0.05, 0.1) is 5.69 Å². The summed E-state index contributed by atoms with van der Waals surface area (Å²) >= 11 is 0. The first-order chi connectivity index (χ1) is 9.22. The van der Waals surface area contributed by atoms with Crippen LogP contribution < -0.4 is 4.90 Å². The number of rotatable bonds is 5. The number of likely N-dealkylation sites (N-methyl/N-ethyl adjacent to an activating group) is 1. The van der Waals surface area contributed by atoms with Crippen molar-refractivity contribution in [2.24, 2.45) is 0 Å². The Kier molecular flexibility index (Phi) is 4.23. The highest BCUT2D eigenvalue weighted by molar-refractivity contribution is 5.84. The van der Waals surface area contributed by atoms with Gasteiger partial charge in [0.1, 0.15) is 5.82 Å². The largest absolute Gasteiger partial charge is 0.371 e. The van der Waals surface area contributed by atoms with E-state index < -0.39 is 0 Å². The van der Waals surface area contributed by atoms with Crippen molar-refractivity contribution in [2.75, 3.05) is 18.5 Å². The molecule has 98 valence electrons. The standard InChI is InChI=1S/C15H15FN2O/c1-18(10-7-12-5-8-17-9-6-12)15-13(11-19)3-2-4-14(15)16/h2-6,8-9,11H,7,10H2,1H3. The van der Waals surface area contributed by atoms with Crippen molar-refractivity contribution in [1.82, 2.24) is 4.98 Å². The van der Waals surface area contributed by atoms with Crippen LogP contribution in [0.3, 0.4) is 0 Å². The molecule has 0 amide bonds. The lowest BCUT2D eigenvalue weighted by molar-refractivity contribution is 0.112. The van der Waals surface area contributed by atoms with Gasteiger partial charge in [-0.25, -0.2) is 4.39 Å². The molecule has 0 atom stereocenters. The number of hydrogen-bond acceptors (Lipinski definition) is 3. The van der Waals surface area contributed by atoms with Crippen molar-refractivity contribution in [3.05, 3.63) is 59.7 Å². The number of nitrogens with zero attached hydrogens (tertiary/aromatic N) is 2. The Morgan fingerprint density at radius 3 is 2.68 bits per heavy atom. The number of anilines is 1. The molecule has 4 heteroatoms. The fourth-order valence-corrected chi connectivity index (χ4v) is 1.99. The smallest absolute Gasteiger partial charge is 0.152 e. The third kappa shape index (κ3) is 3.16. The van der Waals surface area contributed by atoms with E-state index in [4.69, 9.17) is 0 Å². The van der Waals surface area contributed by atoms with Crippen LogP contribution in [0.4, 0.5) is 10.1 Å². The van der Waals surface area contributed by atoms with E-state index in [-0.39, 0.29) is 5.82 Å². The molecule has 1 aromatic heterocycles. The van der Waals surface area contributed by atoms with Gasteiger partial charge in [-0.15, -0.1) is 0 Å². The number of benzene rings is 1. The van der Waals surface area contributed by atoms with Gasteiger partial charge in [0.25, 0.3) is 0 Å². The van der Waals surface area contributed by atoms with Crippen LogP contribution in [0.25, 0.3) is 0 Å². The maximum absolute atomic E-state index is 13.8. The van der Waals surface area contributed by atoms with E-state index in [1.165, 1.54) is 6.07 Å². The molecule has 0 aliphatic heterocycles. The molecule has 0 saturated carbocycles. The summed E-state index contributed by atoms with van der Waals surface area (Å²) in [5.74, 6) is -0.373. The number of pyridine rings is 1. The number of hydrogen-bond donors (Lipinski definition) is 0. The fourth-order valence-electron chi connectivity index (χ4n) is 1.99. The Hall–Kier alpha value is -2.23. The Bertz CT molecular complexity index is 557. The number of halogens is 1. The van der Waals surface area contributed by atoms with Gasteiger partial charge in [0.15, 0.2) is 6.29 Å². The maximum atomic E-state index is 13.8. The third-order valence-corrected chi connectivity index (χ3v) is 3.01. The van der Waals surface area contributed by atoms with Gasteiger partial charge in [-0.2, -0.15) is 0 Å².